The van der Waals surface area contributed by atoms with Crippen LogP contribution in [0.15, 0.2) is 24.3 Å². The van der Waals surface area contributed by atoms with Gasteiger partial charge >= 0.3 is 0 Å². The van der Waals surface area contributed by atoms with Crippen molar-refractivity contribution in [2.75, 3.05) is 11.6 Å². The number of nitrogens with one attached hydrogen (secondary N) is 1. The van der Waals surface area contributed by atoms with Crippen molar-refractivity contribution >= 4 is 23.2 Å². The molecule has 2 aliphatic rings. The predicted octanol–water partition coefficient (Wildman–Crippen LogP) is 2.94. The van der Waals surface area contributed by atoms with Gasteiger partial charge in [0.1, 0.15) is 5.54 Å². The quantitative estimate of drug-likeness (QED) is 0.846. The van der Waals surface area contributed by atoms with Gasteiger partial charge in [-0.1, -0.05) is 36.9 Å². The van der Waals surface area contributed by atoms with E-state index >= 15 is 0 Å². The second-order valence-electron chi connectivity index (χ2n) is 5.16. The van der Waals surface area contributed by atoms with E-state index in [4.69, 9.17) is 11.6 Å². The van der Waals surface area contributed by atoms with Gasteiger partial charge in [0, 0.05) is 10.7 Å². The largest absolute Gasteiger partial charge is 0.339 e. The Balaban J connectivity index is 1.98. The van der Waals surface area contributed by atoms with E-state index in [0.29, 0.717) is 6.67 Å². The standard InChI is InChI=1S/C14H17ClN2O/c15-11-5-4-6-12(9-11)17-10-16-13(18)14(17)7-2-1-3-8-14/h4-6,9H,1-3,7-8,10H2,(H,16,18). The Morgan fingerprint density at radius 1 is 1.22 bits per heavy atom. The van der Waals surface area contributed by atoms with Gasteiger partial charge in [-0.15, -0.1) is 0 Å². The minimum Gasteiger partial charge on any atom is -0.339 e. The fourth-order valence-corrected chi connectivity index (χ4v) is 3.39. The van der Waals surface area contributed by atoms with Crippen molar-refractivity contribution in [3.8, 4) is 0 Å². The van der Waals surface area contributed by atoms with Crippen molar-refractivity contribution in [1.82, 2.24) is 5.32 Å². The van der Waals surface area contributed by atoms with E-state index in [9.17, 15) is 4.79 Å². The topological polar surface area (TPSA) is 32.3 Å². The highest BCUT2D eigenvalue weighted by molar-refractivity contribution is 6.30. The number of amides is 1. The maximum absolute atomic E-state index is 12.2. The van der Waals surface area contributed by atoms with Gasteiger partial charge in [-0.25, -0.2) is 0 Å². The van der Waals surface area contributed by atoms with Crippen molar-refractivity contribution in [2.24, 2.45) is 0 Å². The van der Waals surface area contributed by atoms with Gasteiger partial charge in [-0.05, 0) is 31.0 Å². The molecule has 0 unspecified atom stereocenters. The summed E-state index contributed by atoms with van der Waals surface area (Å²) in [6.45, 7) is 0.596. The number of rotatable bonds is 1. The number of hydrogen-bond acceptors (Lipinski definition) is 2. The molecule has 1 saturated carbocycles. The molecular weight excluding hydrogens is 248 g/mol. The van der Waals surface area contributed by atoms with Crippen LogP contribution in [0.1, 0.15) is 32.1 Å². The molecule has 4 heteroatoms. The highest BCUT2D eigenvalue weighted by Crippen LogP contribution is 2.39. The third-order valence-electron chi connectivity index (χ3n) is 4.14. The Bertz CT molecular complexity index is 469. The molecule has 0 atom stereocenters. The minimum atomic E-state index is -0.330. The smallest absolute Gasteiger partial charge is 0.247 e. The van der Waals surface area contributed by atoms with Crippen LogP contribution >= 0.6 is 11.6 Å². The zero-order valence-electron chi connectivity index (χ0n) is 10.3. The van der Waals surface area contributed by atoms with Crippen molar-refractivity contribution in [1.29, 1.82) is 0 Å². The summed E-state index contributed by atoms with van der Waals surface area (Å²) in [5.74, 6) is 0.183. The van der Waals surface area contributed by atoms with Crippen LogP contribution in [0.4, 0.5) is 5.69 Å². The lowest BCUT2D eigenvalue weighted by Crippen LogP contribution is -2.50. The number of carbonyl (C=O) groups excluding carboxylic acids is 1. The maximum atomic E-state index is 12.2. The van der Waals surface area contributed by atoms with E-state index in [1.165, 1.54) is 6.42 Å². The van der Waals surface area contributed by atoms with Crippen LogP contribution < -0.4 is 10.2 Å². The third-order valence-corrected chi connectivity index (χ3v) is 4.37. The Labute approximate surface area is 112 Å². The van der Waals surface area contributed by atoms with E-state index in [0.717, 1.165) is 36.4 Å². The lowest BCUT2D eigenvalue weighted by molar-refractivity contribution is -0.124. The molecule has 3 rings (SSSR count). The number of halogens is 1. The molecule has 1 N–H and O–H groups in total. The zero-order chi connectivity index (χ0) is 12.6. The summed E-state index contributed by atoms with van der Waals surface area (Å²) in [6.07, 6.45) is 5.39. The summed E-state index contributed by atoms with van der Waals surface area (Å²) in [4.78, 5) is 14.4. The third kappa shape index (κ3) is 1.77. The molecular formula is C14H17ClN2O. The van der Waals surface area contributed by atoms with Crippen LogP contribution in [-0.2, 0) is 4.79 Å². The lowest BCUT2D eigenvalue weighted by Gasteiger charge is -2.39. The normalized spacial score (nSPS) is 22.3. The first-order chi connectivity index (χ1) is 8.72. The number of hydrogen-bond donors (Lipinski definition) is 1. The van der Waals surface area contributed by atoms with Crippen LogP contribution in [0.2, 0.25) is 5.02 Å². The minimum absolute atomic E-state index is 0.183. The zero-order valence-corrected chi connectivity index (χ0v) is 11.0. The first-order valence-electron chi connectivity index (χ1n) is 6.54. The van der Waals surface area contributed by atoms with E-state index in [1.54, 1.807) is 0 Å². The molecule has 1 aliphatic heterocycles. The van der Waals surface area contributed by atoms with E-state index in [1.807, 2.05) is 24.3 Å². The molecule has 1 aromatic carbocycles. The van der Waals surface area contributed by atoms with Crippen molar-refractivity contribution in [2.45, 2.75) is 37.6 Å². The van der Waals surface area contributed by atoms with E-state index < -0.39 is 0 Å². The monoisotopic (exact) mass is 264 g/mol. The molecule has 0 radical (unpaired) electrons. The summed E-state index contributed by atoms with van der Waals surface area (Å²) < 4.78 is 0. The van der Waals surface area contributed by atoms with Crippen molar-refractivity contribution < 1.29 is 4.79 Å². The molecule has 18 heavy (non-hydrogen) atoms. The molecule has 1 spiro atoms. The molecule has 1 amide bonds. The van der Waals surface area contributed by atoms with Gasteiger partial charge in [-0.2, -0.15) is 0 Å². The first-order valence-corrected chi connectivity index (χ1v) is 6.92. The number of benzene rings is 1. The van der Waals surface area contributed by atoms with Crippen LogP contribution in [0.25, 0.3) is 0 Å². The molecule has 2 fully saturated rings. The van der Waals surface area contributed by atoms with Crippen molar-refractivity contribution in [3.63, 3.8) is 0 Å². The Morgan fingerprint density at radius 2 is 2.00 bits per heavy atom. The van der Waals surface area contributed by atoms with Crippen molar-refractivity contribution in [3.05, 3.63) is 29.3 Å². The molecule has 0 bridgehead atoms. The Hall–Kier alpha value is -1.22. The highest BCUT2D eigenvalue weighted by Gasteiger charge is 2.48. The van der Waals surface area contributed by atoms with Crippen LogP contribution in [-0.4, -0.2) is 18.1 Å². The summed E-state index contributed by atoms with van der Waals surface area (Å²) in [6, 6.07) is 7.78. The number of carbonyl (C=O) groups is 1. The average molecular weight is 265 g/mol. The first kappa shape index (κ1) is 11.8. The van der Waals surface area contributed by atoms with Gasteiger partial charge in [0.15, 0.2) is 0 Å². The molecule has 1 aliphatic carbocycles. The maximum Gasteiger partial charge on any atom is 0.247 e. The number of nitrogens with zero attached hydrogens (tertiary/aromatic N) is 1. The van der Waals surface area contributed by atoms with Gasteiger partial charge in [-0.3, -0.25) is 4.79 Å². The average Bonchev–Trinajstić information content (AvgIpc) is 2.68. The summed E-state index contributed by atoms with van der Waals surface area (Å²) in [7, 11) is 0. The molecule has 1 saturated heterocycles. The second-order valence-corrected chi connectivity index (χ2v) is 5.60. The van der Waals surface area contributed by atoms with Gasteiger partial charge in [0.25, 0.3) is 0 Å². The van der Waals surface area contributed by atoms with E-state index in [2.05, 4.69) is 10.2 Å². The Morgan fingerprint density at radius 3 is 2.72 bits per heavy atom. The summed E-state index contributed by atoms with van der Waals surface area (Å²) in [5.41, 5.74) is 0.714. The van der Waals surface area contributed by atoms with Gasteiger partial charge in [0.05, 0.1) is 6.67 Å². The summed E-state index contributed by atoms with van der Waals surface area (Å²) >= 11 is 6.06. The van der Waals surface area contributed by atoms with Crippen LogP contribution in [0.5, 0.6) is 0 Å². The fourth-order valence-electron chi connectivity index (χ4n) is 3.21. The fraction of sp³-hybridized carbons (Fsp3) is 0.500. The van der Waals surface area contributed by atoms with Crippen LogP contribution in [0, 0.1) is 0 Å². The molecule has 0 aromatic heterocycles. The SMILES string of the molecule is O=C1NCN(c2cccc(Cl)c2)C12CCCCC2. The number of anilines is 1. The van der Waals surface area contributed by atoms with Gasteiger partial charge in [0.2, 0.25) is 5.91 Å². The molecule has 1 heterocycles. The Kier molecular flexibility index (Phi) is 2.94. The van der Waals surface area contributed by atoms with E-state index in [-0.39, 0.29) is 11.4 Å². The van der Waals surface area contributed by atoms with Gasteiger partial charge < -0.3 is 10.2 Å². The molecule has 3 nitrogen and oxygen atoms in total. The predicted molar refractivity (Wildman–Crippen MR) is 72.8 cm³/mol. The second kappa shape index (κ2) is 4.47. The summed E-state index contributed by atoms with van der Waals surface area (Å²) in [5, 5.41) is 3.71. The van der Waals surface area contributed by atoms with Crippen LogP contribution in [0.3, 0.4) is 0 Å². The molecule has 96 valence electrons. The molecule has 1 aromatic rings. The lowest BCUT2D eigenvalue weighted by atomic mass is 9.80. The highest BCUT2D eigenvalue weighted by atomic mass is 35.5.